The number of nitrogens with zero attached hydrogens (tertiary/aromatic N) is 3. The molecule has 0 bridgehead atoms. The Morgan fingerprint density at radius 1 is 1.38 bits per heavy atom. The SMILES string of the molecule is Nc1cc(Br)nc(NCCN2CCCC2)n1. The molecule has 16 heavy (non-hydrogen) atoms. The van der Waals surface area contributed by atoms with E-state index in [0.29, 0.717) is 16.4 Å². The van der Waals surface area contributed by atoms with E-state index in [2.05, 4.69) is 36.1 Å². The maximum absolute atomic E-state index is 5.62. The summed E-state index contributed by atoms with van der Waals surface area (Å²) in [4.78, 5) is 10.7. The molecule has 1 fully saturated rings. The second-order valence-corrected chi connectivity index (χ2v) is 4.73. The number of likely N-dealkylation sites (tertiary alicyclic amines) is 1. The highest BCUT2D eigenvalue weighted by atomic mass is 79.9. The van der Waals surface area contributed by atoms with Crippen molar-refractivity contribution in [2.75, 3.05) is 37.2 Å². The zero-order valence-corrected chi connectivity index (χ0v) is 10.7. The molecule has 6 heteroatoms. The van der Waals surface area contributed by atoms with Crippen LogP contribution in [-0.2, 0) is 0 Å². The molecular formula is C10H16BrN5. The largest absolute Gasteiger partial charge is 0.383 e. The van der Waals surface area contributed by atoms with Gasteiger partial charge >= 0.3 is 0 Å². The van der Waals surface area contributed by atoms with E-state index in [1.165, 1.54) is 25.9 Å². The van der Waals surface area contributed by atoms with E-state index in [-0.39, 0.29) is 0 Å². The number of hydrogen-bond acceptors (Lipinski definition) is 5. The van der Waals surface area contributed by atoms with Gasteiger partial charge in [-0.3, -0.25) is 0 Å². The third-order valence-electron chi connectivity index (χ3n) is 2.62. The number of nitrogen functional groups attached to an aromatic ring is 1. The van der Waals surface area contributed by atoms with Gasteiger partial charge in [-0.1, -0.05) is 0 Å². The molecule has 0 saturated carbocycles. The molecule has 1 aromatic rings. The smallest absolute Gasteiger partial charge is 0.225 e. The van der Waals surface area contributed by atoms with Gasteiger partial charge in [0.05, 0.1) is 0 Å². The Bertz CT molecular complexity index is 331. The number of hydrogen-bond donors (Lipinski definition) is 2. The van der Waals surface area contributed by atoms with Gasteiger partial charge in [-0.05, 0) is 41.9 Å². The van der Waals surface area contributed by atoms with E-state index in [1.54, 1.807) is 6.07 Å². The molecule has 0 radical (unpaired) electrons. The molecule has 0 amide bonds. The van der Waals surface area contributed by atoms with Gasteiger partial charge in [-0.25, -0.2) is 4.98 Å². The molecule has 0 atom stereocenters. The fraction of sp³-hybridized carbons (Fsp3) is 0.600. The van der Waals surface area contributed by atoms with E-state index in [1.807, 2.05) is 0 Å². The quantitative estimate of drug-likeness (QED) is 0.817. The molecule has 1 saturated heterocycles. The van der Waals surface area contributed by atoms with Crippen LogP contribution in [0.15, 0.2) is 10.7 Å². The van der Waals surface area contributed by atoms with Gasteiger partial charge in [0.2, 0.25) is 5.95 Å². The maximum Gasteiger partial charge on any atom is 0.225 e. The van der Waals surface area contributed by atoms with Gasteiger partial charge in [-0.2, -0.15) is 4.98 Å². The Labute approximate surface area is 104 Å². The average Bonchev–Trinajstić information content (AvgIpc) is 2.69. The van der Waals surface area contributed by atoms with Crippen molar-refractivity contribution in [1.82, 2.24) is 14.9 Å². The van der Waals surface area contributed by atoms with Crippen LogP contribution in [0.25, 0.3) is 0 Å². The number of rotatable bonds is 4. The lowest BCUT2D eigenvalue weighted by molar-refractivity contribution is 0.352. The third-order valence-corrected chi connectivity index (χ3v) is 3.03. The number of aromatic nitrogens is 2. The molecule has 88 valence electrons. The van der Waals surface area contributed by atoms with Crippen LogP contribution in [-0.4, -0.2) is 41.0 Å². The summed E-state index contributed by atoms with van der Waals surface area (Å²) in [7, 11) is 0. The van der Waals surface area contributed by atoms with Gasteiger partial charge in [0.25, 0.3) is 0 Å². The maximum atomic E-state index is 5.62. The first kappa shape index (κ1) is 11.6. The van der Waals surface area contributed by atoms with E-state index in [9.17, 15) is 0 Å². The summed E-state index contributed by atoms with van der Waals surface area (Å²) in [5, 5.41) is 3.18. The van der Waals surface area contributed by atoms with Crippen LogP contribution in [0.2, 0.25) is 0 Å². The van der Waals surface area contributed by atoms with Gasteiger partial charge < -0.3 is 16.0 Å². The number of anilines is 2. The van der Waals surface area contributed by atoms with Crippen molar-refractivity contribution in [3.63, 3.8) is 0 Å². The van der Waals surface area contributed by atoms with Crippen molar-refractivity contribution in [2.45, 2.75) is 12.8 Å². The first-order chi connectivity index (χ1) is 7.74. The minimum Gasteiger partial charge on any atom is -0.383 e. The van der Waals surface area contributed by atoms with Crippen molar-refractivity contribution < 1.29 is 0 Å². The van der Waals surface area contributed by atoms with E-state index in [0.717, 1.165) is 13.1 Å². The summed E-state index contributed by atoms with van der Waals surface area (Å²) in [5.74, 6) is 1.07. The molecule has 0 unspecified atom stereocenters. The summed E-state index contributed by atoms with van der Waals surface area (Å²) < 4.78 is 0.712. The summed E-state index contributed by atoms with van der Waals surface area (Å²) in [5.41, 5.74) is 5.62. The predicted molar refractivity (Wildman–Crippen MR) is 68.3 cm³/mol. The van der Waals surface area contributed by atoms with Gasteiger partial charge in [0.1, 0.15) is 10.4 Å². The minimum atomic E-state index is 0.477. The first-order valence-corrected chi connectivity index (χ1v) is 6.29. The van der Waals surface area contributed by atoms with Crippen LogP contribution >= 0.6 is 15.9 Å². The molecule has 1 aliphatic rings. The van der Waals surface area contributed by atoms with E-state index < -0.39 is 0 Å². The van der Waals surface area contributed by atoms with Crippen LogP contribution in [0.1, 0.15) is 12.8 Å². The highest BCUT2D eigenvalue weighted by Gasteiger charge is 2.10. The molecular weight excluding hydrogens is 270 g/mol. The standard InChI is InChI=1S/C10H16BrN5/c11-8-7-9(12)15-10(14-8)13-3-6-16-4-1-2-5-16/h7H,1-6H2,(H3,12,13,14,15). The first-order valence-electron chi connectivity index (χ1n) is 5.50. The van der Waals surface area contributed by atoms with Crippen molar-refractivity contribution in [2.24, 2.45) is 0 Å². The number of nitrogens with one attached hydrogen (secondary N) is 1. The van der Waals surface area contributed by atoms with Gasteiger partial charge in [-0.15, -0.1) is 0 Å². The van der Waals surface area contributed by atoms with E-state index >= 15 is 0 Å². The lowest BCUT2D eigenvalue weighted by atomic mass is 10.4. The Kier molecular flexibility index (Phi) is 3.95. The van der Waals surface area contributed by atoms with Crippen molar-refractivity contribution in [1.29, 1.82) is 0 Å². The van der Waals surface area contributed by atoms with Crippen LogP contribution < -0.4 is 11.1 Å². The van der Waals surface area contributed by atoms with E-state index in [4.69, 9.17) is 5.73 Å². The highest BCUT2D eigenvalue weighted by Crippen LogP contribution is 2.12. The molecule has 2 rings (SSSR count). The second kappa shape index (κ2) is 5.45. The zero-order valence-electron chi connectivity index (χ0n) is 9.12. The Morgan fingerprint density at radius 2 is 2.12 bits per heavy atom. The minimum absolute atomic E-state index is 0.477. The second-order valence-electron chi connectivity index (χ2n) is 3.91. The normalized spacial score (nSPS) is 16.6. The average molecular weight is 286 g/mol. The molecule has 0 aromatic carbocycles. The summed E-state index contributed by atoms with van der Waals surface area (Å²) in [6.07, 6.45) is 2.64. The van der Waals surface area contributed by atoms with Gasteiger partial charge in [0, 0.05) is 19.2 Å². The molecule has 3 N–H and O–H groups in total. The summed E-state index contributed by atoms with van der Waals surface area (Å²) in [6, 6.07) is 1.69. The monoisotopic (exact) mass is 285 g/mol. The van der Waals surface area contributed by atoms with Crippen LogP contribution in [0.4, 0.5) is 11.8 Å². The zero-order chi connectivity index (χ0) is 11.4. The topological polar surface area (TPSA) is 67.1 Å². The fourth-order valence-electron chi connectivity index (χ4n) is 1.85. The molecule has 0 aliphatic carbocycles. The number of halogens is 1. The van der Waals surface area contributed by atoms with Crippen molar-refractivity contribution >= 4 is 27.7 Å². The molecule has 0 spiro atoms. The van der Waals surface area contributed by atoms with Gasteiger partial charge in [0.15, 0.2) is 0 Å². The fourth-order valence-corrected chi connectivity index (χ4v) is 2.25. The van der Waals surface area contributed by atoms with Crippen molar-refractivity contribution in [3.05, 3.63) is 10.7 Å². The molecule has 2 heterocycles. The molecule has 1 aliphatic heterocycles. The number of nitrogens with two attached hydrogens (primary N) is 1. The molecule has 5 nitrogen and oxygen atoms in total. The van der Waals surface area contributed by atoms with Crippen molar-refractivity contribution in [3.8, 4) is 0 Å². The Balaban J connectivity index is 1.80. The van der Waals surface area contributed by atoms with Crippen LogP contribution in [0, 0.1) is 0 Å². The predicted octanol–water partition coefficient (Wildman–Crippen LogP) is 1.33. The lowest BCUT2D eigenvalue weighted by Crippen LogP contribution is -2.26. The Morgan fingerprint density at radius 3 is 2.81 bits per heavy atom. The summed E-state index contributed by atoms with van der Waals surface area (Å²) >= 11 is 3.29. The summed E-state index contributed by atoms with van der Waals surface area (Å²) in [6.45, 7) is 4.32. The molecule has 1 aromatic heterocycles. The lowest BCUT2D eigenvalue weighted by Gasteiger charge is -2.14. The Hall–Kier alpha value is -0.880. The third kappa shape index (κ3) is 3.31. The highest BCUT2D eigenvalue weighted by molar-refractivity contribution is 9.10. The van der Waals surface area contributed by atoms with Crippen LogP contribution in [0.3, 0.4) is 0 Å². The van der Waals surface area contributed by atoms with Crippen LogP contribution in [0.5, 0.6) is 0 Å².